The number of hydrogen-bond acceptors (Lipinski definition) is 3. The standard InChI is InChI=1S/C32H31Cl2N5/c1-35-25-4-2-3-22(16-25)23-7-8-26-24(15-23)9-12-39(32(26)10-13-38(14-11-32)19-21-5-6-21)20-31-36-29-17-27(33)28(34)18-30(29)37-31/h2-4,7-8,15-18,21H,5-6,9-14,19-20H2,(H,36,37). The second kappa shape index (κ2) is 9.94. The van der Waals surface area contributed by atoms with Crippen LogP contribution in [0.2, 0.25) is 10.0 Å². The summed E-state index contributed by atoms with van der Waals surface area (Å²) in [6.45, 7) is 12.7. The Morgan fingerprint density at radius 3 is 2.56 bits per heavy atom. The van der Waals surface area contributed by atoms with Gasteiger partial charge in [0.1, 0.15) is 5.82 Å². The lowest BCUT2D eigenvalue weighted by molar-refractivity contribution is 0.000416. The third kappa shape index (κ3) is 4.74. The lowest BCUT2D eigenvalue weighted by atomic mass is 9.73. The molecule has 3 aliphatic rings. The van der Waals surface area contributed by atoms with Crippen LogP contribution in [0.5, 0.6) is 0 Å². The van der Waals surface area contributed by atoms with E-state index in [2.05, 4.69) is 43.9 Å². The third-order valence-electron chi connectivity index (χ3n) is 8.98. The number of nitrogens with one attached hydrogen (secondary N) is 1. The van der Waals surface area contributed by atoms with Crippen LogP contribution in [0.4, 0.5) is 5.69 Å². The van der Waals surface area contributed by atoms with Crippen molar-refractivity contribution in [3.8, 4) is 11.1 Å². The number of aromatic nitrogens is 2. The predicted molar refractivity (Wildman–Crippen MR) is 158 cm³/mol. The normalized spacial score (nSPS) is 19.3. The van der Waals surface area contributed by atoms with Gasteiger partial charge in [-0.1, -0.05) is 59.6 Å². The van der Waals surface area contributed by atoms with Crippen molar-refractivity contribution in [3.63, 3.8) is 0 Å². The summed E-state index contributed by atoms with van der Waals surface area (Å²) in [4.78, 5) is 17.4. The summed E-state index contributed by atoms with van der Waals surface area (Å²) in [6, 6.07) is 18.7. The van der Waals surface area contributed by atoms with Gasteiger partial charge in [0, 0.05) is 31.7 Å². The molecule has 0 radical (unpaired) electrons. The van der Waals surface area contributed by atoms with Gasteiger partial charge in [-0.15, -0.1) is 0 Å². The average molecular weight is 557 g/mol. The monoisotopic (exact) mass is 555 g/mol. The SMILES string of the molecule is [C-]#[N+]c1cccc(-c2ccc3c(c2)CCN(Cc2nc4cc(Cl)c(Cl)cc4[nH]2)C32CCN(CC3CC3)CC2)c1. The molecule has 1 saturated heterocycles. The van der Waals surface area contributed by atoms with Crippen molar-refractivity contribution in [2.45, 2.75) is 44.2 Å². The molecule has 1 saturated carbocycles. The molecule has 0 amide bonds. The molecule has 198 valence electrons. The Kier molecular flexibility index (Phi) is 6.40. The highest BCUT2D eigenvalue weighted by atomic mass is 35.5. The molecule has 3 aromatic carbocycles. The molecule has 7 rings (SSSR count). The number of nitrogens with zero attached hydrogens (tertiary/aromatic N) is 4. The maximum atomic E-state index is 7.41. The Labute approximate surface area is 239 Å². The van der Waals surface area contributed by atoms with Gasteiger partial charge in [-0.2, -0.15) is 0 Å². The number of H-pyrrole nitrogens is 1. The van der Waals surface area contributed by atoms with Crippen LogP contribution in [0.3, 0.4) is 0 Å². The number of imidazole rings is 1. The molecule has 7 heteroatoms. The highest BCUT2D eigenvalue weighted by molar-refractivity contribution is 6.42. The van der Waals surface area contributed by atoms with Crippen LogP contribution in [0.25, 0.3) is 27.0 Å². The van der Waals surface area contributed by atoms with Crippen LogP contribution in [-0.2, 0) is 18.5 Å². The first-order chi connectivity index (χ1) is 19.0. The number of aromatic amines is 1. The number of halogens is 2. The molecule has 1 spiro atoms. The van der Waals surface area contributed by atoms with Crippen LogP contribution in [-0.4, -0.2) is 45.9 Å². The van der Waals surface area contributed by atoms with E-state index in [1.54, 1.807) is 0 Å². The largest absolute Gasteiger partial charge is 0.341 e. The summed E-state index contributed by atoms with van der Waals surface area (Å²) >= 11 is 12.6. The van der Waals surface area contributed by atoms with Crippen molar-refractivity contribution in [2.24, 2.45) is 5.92 Å². The molecule has 3 heterocycles. The van der Waals surface area contributed by atoms with Crippen LogP contribution < -0.4 is 0 Å². The highest BCUT2D eigenvalue weighted by Crippen LogP contribution is 2.46. The zero-order valence-corrected chi connectivity index (χ0v) is 23.4. The second-order valence-corrected chi connectivity index (χ2v) is 12.3. The van der Waals surface area contributed by atoms with Crippen LogP contribution in [0.15, 0.2) is 54.6 Å². The molecule has 39 heavy (non-hydrogen) atoms. The van der Waals surface area contributed by atoms with E-state index in [1.807, 2.05) is 30.3 Å². The summed E-state index contributed by atoms with van der Waals surface area (Å²) in [5.74, 6) is 1.87. The maximum Gasteiger partial charge on any atom is 0.187 e. The molecular weight excluding hydrogens is 525 g/mol. The number of rotatable bonds is 5. The first-order valence-corrected chi connectivity index (χ1v) is 14.7. The van der Waals surface area contributed by atoms with Gasteiger partial charge >= 0.3 is 0 Å². The van der Waals surface area contributed by atoms with E-state index in [0.29, 0.717) is 15.7 Å². The van der Waals surface area contributed by atoms with Gasteiger partial charge < -0.3 is 9.88 Å². The van der Waals surface area contributed by atoms with Gasteiger partial charge in [0.2, 0.25) is 0 Å². The van der Waals surface area contributed by atoms with Gasteiger partial charge in [-0.05, 0) is 78.5 Å². The molecule has 0 atom stereocenters. The molecule has 2 aliphatic heterocycles. The summed E-state index contributed by atoms with van der Waals surface area (Å²) in [5, 5.41) is 1.08. The fourth-order valence-corrected chi connectivity index (χ4v) is 7.05. The fraction of sp³-hybridized carbons (Fsp3) is 0.375. The van der Waals surface area contributed by atoms with Crippen LogP contribution in [0.1, 0.15) is 42.6 Å². The lowest BCUT2D eigenvalue weighted by Gasteiger charge is -2.52. The molecule has 1 N–H and O–H groups in total. The Morgan fingerprint density at radius 2 is 1.77 bits per heavy atom. The van der Waals surface area contributed by atoms with Crippen molar-refractivity contribution in [2.75, 3.05) is 26.2 Å². The molecule has 0 bridgehead atoms. The minimum absolute atomic E-state index is 0.0151. The summed E-state index contributed by atoms with van der Waals surface area (Å²) in [5.41, 5.74) is 7.67. The Bertz CT molecular complexity index is 1550. The number of benzene rings is 3. The molecule has 1 aromatic heterocycles. The minimum Gasteiger partial charge on any atom is -0.341 e. The number of likely N-dealkylation sites (tertiary alicyclic amines) is 1. The highest BCUT2D eigenvalue weighted by Gasteiger charge is 2.45. The van der Waals surface area contributed by atoms with Crippen LogP contribution >= 0.6 is 23.2 Å². The van der Waals surface area contributed by atoms with Gasteiger partial charge in [0.25, 0.3) is 0 Å². The summed E-state index contributed by atoms with van der Waals surface area (Å²) < 4.78 is 0. The summed E-state index contributed by atoms with van der Waals surface area (Å²) in [6.07, 6.45) is 6.04. The molecule has 1 aliphatic carbocycles. The summed E-state index contributed by atoms with van der Waals surface area (Å²) in [7, 11) is 0. The van der Waals surface area contributed by atoms with E-state index in [0.717, 1.165) is 73.8 Å². The van der Waals surface area contributed by atoms with E-state index in [-0.39, 0.29) is 5.54 Å². The topological polar surface area (TPSA) is 39.5 Å². The van der Waals surface area contributed by atoms with Crippen molar-refractivity contribution < 1.29 is 0 Å². The number of fused-ring (bicyclic) bond motifs is 3. The first kappa shape index (κ1) is 25.1. The lowest BCUT2D eigenvalue weighted by Crippen LogP contribution is -2.56. The number of hydrogen-bond donors (Lipinski definition) is 1. The molecule has 0 unspecified atom stereocenters. The van der Waals surface area contributed by atoms with Gasteiger partial charge in [-0.3, -0.25) is 4.90 Å². The quantitative estimate of drug-likeness (QED) is 0.255. The zero-order chi connectivity index (χ0) is 26.6. The molecule has 4 aromatic rings. The third-order valence-corrected chi connectivity index (χ3v) is 9.70. The minimum atomic E-state index is -0.0151. The Balaban J connectivity index is 1.23. The zero-order valence-electron chi connectivity index (χ0n) is 21.9. The van der Waals surface area contributed by atoms with Crippen LogP contribution in [0, 0.1) is 12.5 Å². The van der Waals surface area contributed by atoms with Crippen molar-refractivity contribution >= 4 is 39.9 Å². The van der Waals surface area contributed by atoms with Gasteiger partial charge in [0.05, 0.1) is 34.2 Å². The molecule has 5 nitrogen and oxygen atoms in total. The fourth-order valence-electron chi connectivity index (χ4n) is 6.73. The maximum absolute atomic E-state index is 7.41. The van der Waals surface area contributed by atoms with Crippen molar-refractivity contribution in [1.82, 2.24) is 19.8 Å². The van der Waals surface area contributed by atoms with Crippen molar-refractivity contribution in [1.29, 1.82) is 0 Å². The smallest absolute Gasteiger partial charge is 0.187 e. The molecule has 2 fully saturated rings. The van der Waals surface area contributed by atoms with E-state index in [9.17, 15) is 0 Å². The predicted octanol–water partition coefficient (Wildman–Crippen LogP) is 7.85. The second-order valence-electron chi connectivity index (χ2n) is 11.4. The van der Waals surface area contributed by atoms with E-state index < -0.39 is 0 Å². The average Bonchev–Trinajstić information content (AvgIpc) is 3.70. The Hall–Kier alpha value is -2.88. The van der Waals surface area contributed by atoms with E-state index in [4.69, 9.17) is 34.8 Å². The van der Waals surface area contributed by atoms with E-state index in [1.165, 1.54) is 36.1 Å². The van der Waals surface area contributed by atoms with Gasteiger partial charge in [0.15, 0.2) is 5.69 Å². The Morgan fingerprint density at radius 1 is 0.974 bits per heavy atom. The van der Waals surface area contributed by atoms with Crippen molar-refractivity contribution in [3.05, 3.63) is 93.0 Å². The van der Waals surface area contributed by atoms with E-state index >= 15 is 0 Å². The number of piperidine rings is 1. The first-order valence-electron chi connectivity index (χ1n) is 13.9. The van der Waals surface area contributed by atoms with Gasteiger partial charge in [-0.25, -0.2) is 9.83 Å². The molecular formula is C32H31Cl2N5.